The predicted octanol–water partition coefficient (Wildman–Crippen LogP) is 5.76. The van der Waals surface area contributed by atoms with Crippen molar-refractivity contribution in [1.82, 2.24) is 15.0 Å². The number of amides is 1. The maximum atomic E-state index is 13.2. The summed E-state index contributed by atoms with van der Waals surface area (Å²) in [5, 5.41) is 5.58. The van der Waals surface area contributed by atoms with Crippen molar-refractivity contribution in [3.8, 4) is 21.9 Å². The van der Waals surface area contributed by atoms with E-state index >= 15 is 0 Å². The largest absolute Gasteiger partial charge is 0.356 e. The van der Waals surface area contributed by atoms with Gasteiger partial charge >= 0.3 is 0 Å². The second-order valence-electron chi connectivity index (χ2n) is 7.36. The molecule has 1 amide bonds. The molecule has 5 rings (SSSR count). The molecule has 0 N–H and O–H groups in total. The van der Waals surface area contributed by atoms with Crippen LogP contribution in [-0.4, -0.2) is 27.5 Å². The lowest BCUT2D eigenvalue weighted by Crippen LogP contribution is -2.35. The van der Waals surface area contributed by atoms with Gasteiger partial charge in [-0.2, -0.15) is 0 Å². The number of carbonyl (C=O) groups excluding carboxylic acids is 1. The first-order chi connectivity index (χ1) is 15.0. The van der Waals surface area contributed by atoms with Gasteiger partial charge in [-0.15, -0.1) is 11.3 Å². The number of nitrogens with zero attached hydrogens (tertiary/aromatic N) is 3. The quantitative estimate of drug-likeness (QED) is 0.395. The van der Waals surface area contributed by atoms with Crippen molar-refractivity contribution in [2.45, 2.75) is 19.9 Å². The summed E-state index contributed by atoms with van der Waals surface area (Å²) in [4.78, 5) is 20.1. The van der Waals surface area contributed by atoms with Crippen LogP contribution in [0.4, 0.5) is 4.39 Å². The first-order valence-electron chi connectivity index (χ1n) is 9.75. The standard InChI is InChI=1S/C23H17ClFN3O2S/c1-13-21(31-22(26-13)15-4-8-17(25)9-5-15)23(29)28-11-10-18-19(12-28)27-30-20(18)14-2-6-16(24)7-3-14/h2-9H,10-12H2,1H3. The molecule has 0 fully saturated rings. The molecule has 2 aromatic heterocycles. The third kappa shape index (κ3) is 3.75. The molecular formula is C23H17ClFN3O2S. The van der Waals surface area contributed by atoms with Crippen LogP contribution >= 0.6 is 22.9 Å². The van der Waals surface area contributed by atoms with Crippen LogP contribution in [0, 0.1) is 12.7 Å². The molecule has 0 radical (unpaired) electrons. The Morgan fingerprint density at radius 3 is 2.58 bits per heavy atom. The maximum absolute atomic E-state index is 13.2. The first kappa shape index (κ1) is 19.9. The van der Waals surface area contributed by atoms with Gasteiger partial charge in [0.2, 0.25) is 0 Å². The van der Waals surface area contributed by atoms with Crippen molar-refractivity contribution < 1.29 is 13.7 Å². The average Bonchev–Trinajstić information content (AvgIpc) is 3.37. The number of aryl methyl sites for hydroxylation is 1. The highest BCUT2D eigenvalue weighted by atomic mass is 35.5. The van der Waals surface area contributed by atoms with Gasteiger partial charge < -0.3 is 9.42 Å². The lowest BCUT2D eigenvalue weighted by molar-refractivity contribution is 0.0735. The number of rotatable bonds is 3. The van der Waals surface area contributed by atoms with Crippen LogP contribution in [0.5, 0.6) is 0 Å². The number of carbonyl (C=O) groups is 1. The van der Waals surface area contributed by atoms with Gasteiger partial charge in [0, 0.05) is 28.3 Å². The van der Waals surface area contributed by atoms with Crippen LogP contribution in [0.1, 0.15) is 26.6 Å². The molecule has 5 nitrogen and oxygen atoms in total. The molecular weight excluding hydrogens is 437 g/mol. The van der Waals surface area contributed by atoms with Gasteiger partial charge in [-0.1, -0.05) is 16.8 Å². The smallest absolute Gasteiger partial charge is 0.266 e. The highest BCUT2D eigenvalue weighted by molar-refractivity contribution is 7.17. The zero-order chi connectivity index (χ0) is 21.5. The summed E-state index contributed by atoms with van der Waals surface area (Å²) in [6.45, 7) is 2.77. The highest BCUT2D eigenvalue weighted by Gasteiger charge is 2.29. The van der Waals surface area contributed by atoms with Gasteiger partial charge in [-0.25, -0.2) is 9.37 Å². The number of halogens is 2. The van der Waals surface area contributed by atoms with Crippen LogP contribution < -0.4 is 0 Å². The van der Waals surface area contributed by atoms with Crippen molar-refractivity contribution in [2.24, 2.45) is 0 Å². The molecule has 0 unspecified atom stereocenters. The Balaban J connectivity index is 1.38. The van der Waals surface area contributed by atoms with Gasteiger partial charge in [0.05, 0.1) is 12.2 Å². The van der Waals surface area contributed by atoms with E-state index in [0.29, 0.717) is 40.1 Å². The SMILES string of the molecule is Cc1nc(-c2ccc(F)cc2)sc1C(=O)N1CCc2c(noc2-c2ccc(Cl)cc2)C1. The topological polar surface area (TPSA) is 59.2 Å². The Morgan fingerprint density at radius 2 is 1.84 bits per heavy atom. The Labute approximate surface area is 187 Å². The zero-order valence-electron chi connectivity index (χ0n) is 16.6. The fourth-order valence-corrected chi connectivity index (χ4v) is 4.85. The number of benzene rings is 2. The number of fused-ring (bicyclic) bond motifs is 1. The number of thiazole rings is 1. The second-order valence-corrected chi connectivity index (χ2v) is 8.80. The van der Waals surface area contributed by atoms with Crippen LogP contribution in [-0.2, 0) is 13.0 Å². The summed E-state index contributed by atoms with van der Waals surface area (Å²) in [5.41, 5.74) is 4.17. The molecule has 156 valence electrons. The van der Waals surface area contributed by atoms with E-state index in [9.17, 15) is 9.18 Å². The van der Waals surface area contributed by atoms with E-state index in [0.717, 1.165) is 28.1 Å². The van der Waals surface area contributed by atoms with Crippen LogP contribution in [0.2, 0.25) is 5.02 Å². The van der Waals surface area contributed by atoms with Gasteiger partial charge in [-0.05, 0) is 61.9 Å². The fraction of sp³-hybridized carbons (Fsp3) is 0.174. The van der Waals surface area contributed by atoms with E-state index in [1.165, 1.54) is 23.5 Å². The molecule has 3 heterocycles. The zero-order valence-corrected chi connectivity index (χ0v) is 18.1. The lowest BCUT2D eigenvalue weighted by atomic mass is 10.0. The average molecular weight is 454 g/mol. The number of aromatic nitrogens is 2. The van der Waals surface area contributed by atoms with E-state index in [1.54, 1.807) is 17.0 Å². The molecule has 2 aromatic carbocycles. The molecule has 31 heavy (non-hydrogen) atoms. The number of hydrogen-bond donors (Lipinski definition) is 0. The van der Waals surface area contributed by atoms with Crippen LogP contribution in [0.3, 0.4) is 0 Å². The Kier molecular flexibility index (Phi) is 5.08. The summed E-state index contributed by atoms with van der Waals surface area (Å²) >= 11 is 7.30. The van der Waals surface area contributed by atoms with Crippen molar-refractivity contribution >= 4 is 28.8 Å². The van der Waals surface area contributed by atoms with Gasteiger partial charge in [0.1, 0.15) is 21.4 Å². The minimum Gasteiger partial charge on any atom is -0.356 e. The summed E-state index contributed by atoms with van der Waals surface area (Å²) in [6, 6.07) is 13.6. The molecule has 0 aliphatic carbocycles. The third-order valence-electron chi connectivity index (χ3n) is 5.32. The second kappa shape index (κ2) is 7.90. The Bertz CT molecular complexity index is 1270. The highest BCUT2D eigenvalue weighted by Crippen LogP contribution is 2.33. The van der Waals surface area contributed by atoms with Crippen molar-refractivity contribution in [1.29, 1.82) is 0 Å². The van der Waals surface area contributed by atoms with Gasteiger partial charge in [-0.3, -0.25) is 4.79 Å². The summed E-state index contributed by atoms with van der Waals surface area (Å²) in [5.74, 6) is 0.347. The number of hydrogen-bond acceptors (Lipinski definition) is 5. The summed E-state index contributed by atoms with van der Waals surface area (Å²) in [6.07, 6.45) is 0.658. The van der Waals surface area contributed by atoms with Gasteiger partial charge in [0.15, 0.2) is 5.76 Å². The molecule has 4 aromatic rings. The van der Waals surface area contributed by atoms with E-state index in [1.807, 2.05) is 31.2 Å². The molecule has 8 heteroatoms. The van der Waals surface area contributed by atoms with Crippen LogP contribution in [0.25, 0.3) is 21.9 Å². The van der Waals surface area contributed by atoms with E-state index in [2.05, 4.69) is 10.1 Å². The minimum absolute atomic E-state index is 0.0787. The Morgan fingerprint density at radius 1 is 1.13 bits per heavy atom. The van der Waals surface area contributed by atoms with Crippen molar-refractivity contribution in [3.05, 3.63) is 81.2 Å². The van der Waals surface area contributed by atoms with Crippen LogP contribution in [0.15, 0.2) is 53.1 Å². The van der Waals surface area contributed by atoms with Gasteiger partial charge in [0.25, 0.3) is 5.91 Å². The summed E-state index contributed by atoms with van der Waals surface area (Å²) in [7, 11) is 0. The van der Waals surface area contributed by atoms with Crippen molar-refractivity contribution in [3.63, 3.8) is 0 Å². The summed E-state index contributed by atoms with van der Waals surface area (Å²) < 4.78 is 18.8. The van der Waals surface area contributed by atoms with Crippen molar-refractivity contribution in [2.75, 3.05) is 6.54 Å². The first-order valence-corrected chi connectivity index (χ1v) is 10.9. The molecule has 1 aliphatic rings. The maximum Gasteiger partial charge on any atom is 0.266 e. The molecule has 0 saturated carbocycles. The Hall–Kier alpha value is -3.03. The molecule has 0 atom stereocenters. The molecule has 1 aliphatic heterocycles. The molecule has 0 bridgehead atoms. The normalized spacial score (nSPS) is 13.3. The predicted molar refractivity (Wildman–Crippen MR) is 118 cm³/mol. The van der Waals surface area contributed by atoms with E-state index in [4.69, 9.17) is 16.1 Å². The molecule has 0 spiro atoms. The van der Waals surface area contributed by atoms with E-state index < -0.39 is 0 Å². The minimum atomic E-state index is -0.303. The fourth-order valence-electron chi connectivity index (χ4n) is 3.69. The molecule has 0 saturated heterocycles. The monoisotopic (exact) mass is 453 g/mol. The third-order valence-corrected chi connectivity index (χ3v) is 6.76. The van der Waals surface area contributed by atoms with E-state index in [-0.39, 0.29) is 11.7 Å². The lowest BCUT2D eigenvalue weighted by Gasteiger charge is -2.25.